The van der Waals surface area contributed by atoms with Crippen LogP contribution in [-0.2, 0) is 24.2 Å². The lowest BCUT2D eigenvalue weighted by molar-refractivity contribution is -0.140. The lowest BCUT2D eigenvalue weighted by atomic mass is 9.95. The molecule has 0 heterocycles. The average Bonchev–Trinajstić information content (AvgIpc) is 2.86. The number of esters is 1. The fourth-order valence-corrected chi connectivity index (χ4v) is 3.50. The molecule has 0 aromatic heterocycles. The van der Waals surface area contributed by atoms with Crippen LogP contribution in [0.15, 0.2) is 22.6 Å². The zero-order valence-corrected chi connectivity index (χ0v) is 17.0. The van der Waals surface area contributed by atoms with Gasteiger partial charge in [0.1, 0.15) is 4.91 Å². The summed E-state index contributed by atoms with van der Waals surface area (Å²) in [5, 5.41) is 10.8. The van der Waals surface area contributed by atoms with E-state index in [2.05, 4.69) is 16.6 Å². The van der Waals surface area contributed by atoms with Crippen LogP contribution >= 0.6 is 0 Å². The molecular formula is C20H28O6S. The molecule has 0 fully saturated rings. The van der Waals surface area contributed by atoms with Gasteiger partial charge >= 0.3 is 5.97 Å². The van der Waals surface area contributed by atoms with Gasteiger partial charge in [-0.05, 0) is 31.8 Å². The number of ketones is 1. The molecular weight excluding hydrogens is 368 g/mol. The van der Waals surface area contributed by atoms with Crippen molar-refractivity contribution in [1.29, 1.82) is 0 Å². The van der Waals surface area contributed by atoms with E-state index in [1.165, 1.54) is 7.11 Å². The maximum atomic E-state index is 12.5. The summed E-state index contributed by atoms with van der Waals surface area (Å²) in [5.41, 5.74) is -1.87. The SMILES string of the molecule is CCCCC#CC1(O)C=C(S(C)(=O)=O)C(=O)C1=CCCCCCC(=O)OC. The van der Waals surface area contributed by atoms with Crippen molar-refractivity contribution in [1.82, 2.24) is 0 Å². The normalized spacial score (nSPS) is 21.0. The average molecular weight is 397 g/mol. The third-order valence-corrected chi connectivity index (χ3v) is 5.32. The van der Waals surface area contributed by atoms with Gasteiger partial charge in [-0.1, -0.05) is 37.7 Å². The van der Waals surface area contributed by atoms with Crippen molar-refractivity contribution >= 4 is 21.6 Å². The molecule has 7 heteroatoms. The van der Waals surface area contributed by atoms with Crippen molar-refractivity contribution in [2.75, 3.05) is 13.4 Å². The van der Waals surface area contributed by atoms with Gasteiger partial charge in [-0.15, -0.1) is 0 Å². The van der Waals surface area contributed by atoms with E-state index in [1.807, 2.05) is 6.92 Å². The van der Waals surface area contributed by atoms with Crippen LogP contribution in [0.4, 0.5) is 0 Å². The van der Waals surface area contributed by atoms with Crippen LogP contribution in [0.1, 0.15) is 58.3 Å². The minimum Gasteiger partial charge on any atom is -0.469 e. The second-order valence-corrected chi connectivity index (χ2v) is 8.56. The first kappa shape index (κ1) is 23.1. The van der Waals surface area contributed by atoms with Crippen molar-refractivity contribution in [3.8, 4) is 11.8 Å². The van der Waals surface area contributed by atoms with Crippen molar-refractivity contribution in [3.05, 3.63) is 22.6 Å². The monoisotopic (exact) mass is 396 g/mol. The standard InChI is InChI=1S/C20H28O6S/c1-4-5-6-11-14-20(23)15-17(27(3,24)25)19(22)16(20)12-9-7-8-10-13-18(21)26-2/h12,15,23H,4-10,13H2,1-3H3. The lowest BCUT2D eigenvalue weighted by Gasteiger charge is -2.14. The van der Waals surface area contributed by atoms with E-state index in [-0.39, 0.29) is 11.5 Å². The number of sulfone groups is 1. The number of ether oxygens (including phenoxy) is 1. The number of allylic oxidation sites excluding steroid dienone is 2. The third-order valence-electron chi connectivity index (χ3n) is 4.21. The second-order valence-electron chi connectivity index (χ2n) is 6.57. The van der Waals surface area contributed by atoms with Gasteiger partial charge in [0, 0.05) is 24.7 Å². The summed E-state index contributed by atoms with van der Waals surface area (Å²) in [4.78, 5) is 23.2. The Hall–Kier alpha value is -1.91. The number of aliphatic hydroxyl groups is 1. The van der Waals surface area contributed by atoms with Crippen molar-refractivity contribution < 1.29 is 27.9 Å². The summed E-state index contributed by atoms with van der Waals surface area (Å²) in [6.45, 7) is 2.02. The fraction of sp³-hybridized carbons (Fsp3) is 0.600. The van der Waals surface area contributed by atoms with Gasteiger partial charge in [0.2, 0.25) is 5.78 Å². The predicted octanol–water partition coefficient (Wildman–Crippen LogP) is 2.47. The number of Topliss-reactive ketones (excluding diaryl/α,β-unsaturated/α-hetero) is 1. The molecule has 1 aliphatic carbocycles. The summed E-state index contributed by atoms with van der Waals surface area (Å²) >= 11 is 0. The lowest BCUT2D eigenvalue weighted by Crippen LogP contribution is -2.26. The van der Waals surface area contributed by atoms with Crippen LogP contribution in [0.25, 0.3) is 0 Å². The first-order chi connectivity index (χ1) is 12.7. The number of hydrogen-bond donors (Lipinski definition) is 1. The van der Waals surface area contributed by atoms with E-state index < -0.39 is 26.1 Å². The van der Waals surface area contributed by atoms with E-state index in [1.54, 1.807) is 6.08 Å². The molecule has 1 N–H and O–H groups in total. The van der Waals surface area contributed by atoms with Gasteiger partial charge in [0.25, 0.3) is 0 Å². The van der Waals surface area contributed by atoms with E-state index in [0.29, 0.717) is 32.1 Å². The van der Waals surface area contributed by atoms with E-state index in [0.717, 1.165) is 31.6 Å². The Morgan fingerprint density at radius 3 is 2.59 bits per heavy atom. The second kappa shape index (κ2) is 10.4. The largest absolute Gasteiger partial charge is 0.469 e. The number of carbonyl (C=O) groups is 2. The zero-order chi connectivity index (χ0) is 20.5. The maximum absolute atomic E-state index is 12.5. The molecule has 0 aliphatic heterocycles. The van der Waals surface area contributed by atoms with Gasteiger partial charge < -0.3 is 9.84 Å². The predicted molar refractivity (Wildman–Crippen MR) is 103 cm³/mol. The van der Waals surface area contributed by atoms with Crippen LogP contribution in [0.2, 0.25) is 0 Å². The molecule has 6 nitrogen and oxygen atoms in total. The number of hydrogen-bond acceptors (Lipinski definition) is 6. The van der Waals surface area contributed by atoms with Crippen LogP contribution < -0.4 is 0 Å². The van der Waals surface area contributed by atoms with Gasteiger partial charge in [-0.25, -0.2) is 8.42 Å². The highest BCUT2D eigenvalue weighted by molar-refractivity contribution is 7.95. The smallest absolute Gasteiger partial charge is 0.305 e. The quantitative estimate of drug-likeness (QED) is 0.278. The summed E-state index contributed by atoms with van der Waals surface area (Å²) in [6.07, 6.45) is 8.84. The van der Waals surface area contributed by atoms with Crippen molar-refractivity contribution in [2.45, 2.75) is 63.9 Å². The Kier molecular flexibility index (Phi) is 8.94. The molecule has 27 heavy (non-hydrogen) atoms. The summed E-state index contributed by atoms with van der Waals surface area (Å²) in [6, 6.07) is 0. The third kappa shape index (κ3) is 6.96. The zero-order valence-electron chi connectivity index (χ0n) is 16.2. The first-order valence-electron chi connectivity index (χ1n) is 9.13. The van der Waals surface area contributed by atoms with Crippen LogP contribution in [0.5, 0.6) is 0 Å². The molecule has 0 amide bonds. The van der Waals surface area contributed by atoms with Crippen molar-refractivity contribution in [3.63, 3.8) is 0 Å². The molecule has 1 rings (SSSR count). The fourth-order valence-electron chi connectivity index (χ4n) is 2.67. The number of unbranched alkanes of at least 4 members (excludes halogenated alkanes) is 5. The summed E-state index contributed by atoms with van der Waals surface area (Å²) < 4.78 is 28.3. The van der Waals surface area contributed by atoms with Gasteiger partial charge in [-0.3, -0.25) is 9.59 Å². The minimum atomic E-state index is -3.75. The number of rotatable bonds is 9. The van der Waals surface area contributed by atoms with Crippen LogP contribution in [-0.4, -0.2) is 44.2 Å². The van der Waals surface area contributed by atoms with E-state index >= 15 is 0 Å². The van der Waals surface area contributed by atoms with Crippen molar-refractivity contribution in [2.24, 2.45) is 0 Å². The van der Waals surface area contributed by atoms with Gasteiger partial charge in [0.15, 0.2) is 15.4 Å². The molecule has 0 saturated heterocycles. The number of methoxy groups -OCH3 is 1. The Bertz CT molecular complexity index is 779. The molecule has 150 valence electrons. The molecule has 0 spiro atoms. The molecule has 0 bridgehead atoms. The summed E-state index contributed by atoms with van der Waals surface area (Å²) in [5.74, 6) is 4.54. The minimum absolute atomic E-state index is 0.000101. The molecule has 1 aliphatic rings. The van der Waals surface area contributed by atoms with Gasteiger partial charge in [-0.2, -0.15) is 0 Å². The number of carbonyl (C=O) groups excluding carboxylic acids is 2. The van der Waals surface area contributed by atoms with Crippen LogP contribution in [0.3, 0.4) is 0 Å². The highest BCUT2D eigenvalue weighted by atomic mass is 32.2. The first-order valence-corrected chi connectivity index (χ1v) is 11.0. The van der Waals surface area contributed by atoms with E-state index in [9.17, 15) is 23.1 Å². The topological polar surface area (TPSA) is 97.7 Å². The molecule has 0 aromatic carbocycles. The molecule has 0 radical (unpaired) electrons. The molecule has 1 atom stereocenters. The highest BCUT2D eigenvalue weighted by Crippen LogP contribution is 2.33. The maximum Gasteiger partial charge on any atom is 0.305 e. The van der Waals surface area contributed by atoms with E-state index in [4.69, 9.17) is 0 Å². The van der Waals surface area contributed by atoms with Crippen LogP contribution in [0, 0.1) is 11.8 Å². The highest BCUT2D eigenvalue weighted by Gasteiger charge is 2.43. The molecule has 1 unspecified atom stereocenters. The summed E-state index contributed by atoms with van der Waals surface area (Å²) in [7, 11) is -2.41. The molecule has 0 aromatic rings. The molecule has 0 saturated carbocycles. The Morgan fingerprint density at radius 1 is 1.30 bits per heavy atom. The Labute approximate surface area is 161 Å². The Balaban J connectivity index is 2.88. The van der Waals surface area contributed by atoms with Gasteiger partial charge in [0.05, 0.1) is 7.11 Å². The Morgan fingerprint density at radius 2 is 2.00 bits per heavy atom.